The average Bonchev–Trinajstić information content (AvgIpc) is 2.15. The fraction of sp³-hybridized carbons (Fsp3) is 0.375. The first kappa shape index (κ1) is 9.75. The number of carbonyl (C=O) groups is 1. The molecular weight excluding hydrogens is 142 g/mol. The molecular formula is C8H13NO2. The van der Waals surface area contributed by atoms with Gasteiger partial charge in [-0.3, -0.25) is 4.79 Å². The summed E-state index contributed by atoms with van der Waals surface area (Å²) in [5.41, 5.74) is 2.60. The van der Waals surface area contributed by atoms with Gasteiger partial charge in [0, 0.05) is 18.8 Å². The van der Waals surface area contributed by atoms with Crippen molar-refractivity contribution in [1.29, 1.82) is 0 Å². The van der Waals surface area contributed by atoms with Gasteiger partial charge in [-0.2, -0.15) is 0 Å². The summed E-state index contributed by atoms with van der Waals surface area (Å²) in [7, 11) is 0. The van der Waals surface area contributed by atoms with E-state index >= 15 is 0 Å². The zero-order valence-corrected chi connectivity index (χ0v) is 7.01. The quantitative estimate of drug-likeness (QED) is 0.599. The van der Waals surface area contributed by atoms with Gasteiger partial charge >= 0.3 is 0 Å². The maximum absolute atomic E-state index is 9.00. The monoisotopic (exact) mass is 155 g/mol. The molecule has 0 radical (unpaired) electrons. The fourth-order valence-corrected chi connectivity index (χ4v) is 0.531. The second-order valence-electron chi connectivity index (χ2n) is 2.30. The fourth-order valence-electron chi connectivity index (χ4n) is 0.531. The first-order valence-corrected chi connectivity index (χ1v) is 3.34. The van der Waals surface area contributed by atoms with Gasteiger partial charge in [-0.05, 0) is 25.5 Å². The number of aliphatic carboxylic acids is 1. The third-order valence-electron chi connectivity index (χ3n) is 1.22. The lowest BCUT2D eigenvalue weighted by molar-refractivity contribution is -0.134. The van der Waals surface area contributed by atoms with Crippen molar-refractivity contribution in [3.8, 4) is 0 Å². The van der Waals surface area contributed by atoms with E-state index in [1.54, 1.807) is 0 Å². The molecule has 0 atom stereocenters. The van der Waals surface area contributed by atoms with Gasteiger partial charge < -0.3 is 10.1 Å². The largest absolute Gasteiger partial charge is 0.481 e. The number of carboxylic acids is 1. The van der Waals surface area contributed by atoms with Crippen molar-refractivity contribution in [2.75, 3.05) is 0 Å². The molecule has 0 fully saturated rings. The predicted octanol–water partition coefficient (Wildman–Crippen LogP) is 1.72. The molecule has 11 heavy (non-hydrogen) atoms. The van der Waals surface area contributed by atoms with Crippen LogP contribution in [0.2, 0.25) is 0 Å². The molecule has 0 aliphatic heterocycles. The van der Waals surface area contributed by atoms with E-state index < -0.39 is 5.97 Å². The SMILES string of the molecule is CC(=O)O.Cc1cc[nH]c1C. The van der Waals surface area contributed by atoms with Crippen LogP contribution in [0.15, 0.2) is 12.3 Å². The minimum Gasteiger partial charge on any atom is -0.481 e. The second-order valence-corrected chi connectivity index (χ2v) is 2.30. The Balaban J connectivity index is 0.000000218. The van der Waals surface area contributed by atoms with Crippen molar-refractivity contribution in [3.05, 3.63) is 23.5 Å². The normalized spacial score (nSPS) is 8.27. The molecule has 0 saturated carbocycles. The highest BCUT2D eigenvalue weighted by atomic mass is 16.4. The molecule has 0 aliphatic carbocycles. The number of nitrogens with one attached hydrogen (secondary N) is 1. The molecule has 3 heteroatoms. The van der Waals surface area contributed by atoms with Crippen molar-refractivity contribution in [2.24, 2.45) is 0 Å². The molecule has 0 amide bonds. The molecule has 0 aromatic carbocycles. The smallest absolute Gasteiger partial charge is 0.300 e. The van der Waals surface area contributed by atoms with Crippen LogP contribution in [0.5, 0.6) is 0 Å². The summed E-state index contributed by atoms with van der Waals surface area (Å²) < 4.78 is 0. The van der Waals surface area contributed by atoms with Crippen LogP contribution in [0.1, 0.15) is 18.2 Å². The van der Waals surface area contributed by atoms with Crippen molar-refractivity contribution in [3.63, 3.8) is 0 Å². The number of rotatable bonds is 0. The number of aryl methyl sites for hydroxylation is 2. The Kier molecular flexibility index (Phi) is 4.03. The molecule has 0 aliphatic rings. The van der Waals surface area contributed by atoms with Crippen molar-refractivity contribution in [1.82, 2.24) is 4.98 Å². The highest BCUT2D eigenvalue weighted by molar-refractivity contribution is 5.62. The van der Waals surface area contributed by atoms with Gasteiger partial charge in [0.1, 0.15) is 0 Å². The minimum absolute atomic E-state index is 0.833. The third kappa shape index (κ3) is 5.21. The van der Waals surface area contributed by atoms with Crippen molar-refractivity contribution in [2.45, 2.75) is 20.8 Å². The predicted molar refractivity (Wildman–Crippen MR) is 43.6 cm³/mol. The Bertz CT molecular complexity index is 207. The molecule has 3 nitrogen and oxygen atoms in total. The summed E-state index contributed by atoms with van der Waals surface area (Å²) in [4.78, 5) is 12.1. The van der Waals surface area contributed by atoms with Crippen LogP contribution in [0.4, 0.5) is 0 Å². The average molecular weight is 155 g/mol. The number of hydrogen-bond acceptors (Lipinski definition) is 1. The van der Waals surface area contributed by atoms with E-state index in [-0.39, 0.29) is 0 Å². The van der Waals surface area contributed by atoms with Crippen LogP contribution in [0.3, 0.4) is 0 Å². The van der Waals surface area contributed by atoms with Crippen LogP contribution in [-0.2, 0) is 4.79 Å². The highest BCUT2D eigenvalue weighted by Crippen LogP contribution is 1.99. The van der Waals surface area contributed by atoms with E-state index in [0.29, 0.717) is 0 Å². The van der Waals surface area contributed by atoms with E-state index in [2.05, 4.69) is 24.9 Å². The molecule has 2 N–H and O–H groups in total. The Morgan fingerprint density at radius 3 is 2.09 bits per heavy atom. The molecule has 0 spiro atoms. The summed E-state index contributed by atoms with van der Waals surface area (Å²) in [6, 6.07) is 2.06. The molecule has 0 bridgehead atoms. The maximum Gasteiger partial charge on any atom is 0.300 e. The van der Waals surface area contributed by atoms with E-state index in [1.165, 1.54) is 11.3 Å². The lowest BCUT2D eigenvalue weighted by atomic mass is 10.3. The number of aromatic nitrogens is 1. The summed E-state index contributed by atoms with van der Waals surface area (Å²) >= 11 is 0. The van der Waals surface area contributed by atoms with Gasteiger partial charge in [-0.15, -0.1) is 0 Å². The lowest BCUT2D eigenvalue weighted by Crippen LogP contribution is -1.78. The molecule has 1 heterocycles. The standard InChI is InChI=1S/C6H9N.C2H4O2/c1-5-3-4-7-6(5)2;1-2(3)4/h3-4,7H,1-2H3;1H3,(H,3,4). The molecule has 0 unspecified atom stereocenters. The van der Waals surface area contributed by atoms with Gasteiger partial charge in [-0.1, -0.05) is 0 Å². The summed E-state index contributed by atoms with van der Waals surface area (Å²) in [5, 5.41) is 7.42. The van der Waals surface area contributed by atoms with Crippen LogP contribution in [-0.4, -0.2) is 16.1 Å². The first-order chi connectivity index (χ1) is 5.04. The van der Waals surface area contributed by atoms with Gasteiger partial charge in [0.15, 0.2) is 0 Å². The number of aromatic amines is 1. The van der Waals surface area contributed by atoms with Gasteiger partial charge in [0.05, 0.1) is 0 Å². The molecule has 62 valence electrons. The Labute approximate surface area is 66.1 Å². The number of carboxylic acid groups (broad SMARTS) is 1. The van der Waals surface area contributed by atoms with Gasteiger partial charge in [0.25, 0.3) is 5.97 Å². The van der Waals surface area contributed by atoms with E-state index in [1.807, 2.05) is 6.20 Å². The minimum atomic E-state index is -0.833. The van der Waals surface area contributed by atoms with Crippen LogP contribution in [0, 0.1) is 13.8 Å². The van der Waals surface area contributed by atoms with Crippen molar-refractivity contribution >= 4 is 5.97 Å². The van der Waals surface area contributed by atoms with E-state index in [9.17, 15) is 0 Å². The first-order valence-electron chi connectivity index (χ1n) is 3.34. The molecule has 1 aromatic rings. The van der Waals surface area contributed by atoms with E-state index in [4.69, 9.17) is 9.90 Å². The van der Waals surface area contributed by atoms with E-state index in [0.717, 1.165) is 6.92 Å². The number of H-pyrrole nitrogens is 1. The van der Waals surface area contributed by atoms with Crippen LogP contribution in [0.25, 0.3) is 0 Å². The molecule has 0 saturated heterocycles. The summed E-state index contributed by atoms with van der Waals surface area (Å²) in [5.74, 6) is -0.833. The third-order valence-corrected chi connectivity index (χ3v) is 1.22. The number of hydrogen-bond donors (Lipinski definition) is 2. The Hall–Kier alpha value is -1.25. The summed E-state index contributed by atoms with van der Waals surface area (Å²) in [6.07, 6.45) is 1.95. The second kappa shape index (κ2) is 4.55. The Morgan fingerprint density at radius 1 is 1.55 bits per heavy atom. The topological polar surface area (TPSA) is 53.1 Å². The maximum atomic E-state index is 9.00. The summed E-state index contributed by atoms with van der Waals surface area (Å²) in [6.45, 7) is 5.24. The van der Waals surface area contributed by atoms with Crippen LogP contribution >= 0.6 is 0 Å². The van der Waals surface area contributed by atoms with Gasteiger partial charge in [-0.25, -0.2) is 0 Å². The van der Waals surface area contributed by atoms with Crippen LogP contribution < -0.4 is 0 Å². The van der Waals surface area contributed by atoms with Gasteiger partial charge in [0.2, 0.25) is 0 Å². The molecule has 1 aromatic heterocycles. The molecule has 1 rings (SSSR count). The highest BCUT2D eigenvalue weighted by Gasteiger charge is 1.85. The Morgan fingerprint density at radius 2 is 2.00 bits per heavy atom. The van der Waals surface area contributed by atoms with Crippen molar-refractivity contribution < 1.29 is 9.90 Å². The zero-order chi connectivity index (χ0) is 8.85. The lowest BCUT2D eigenvalue weighted by Gasteiger charge is -1.81. The zero-order valence-electron chi connectivity index (χ0n) is 7.01.